The summed E-state index contributed by atoms with van der Waals surface area (Å²) in [6, 6.07) is 51.9. The first kappa shape index (κ1) is 26.0. The summed E-state index contributed by atoms with van der Waals surface area (Å²) in [7, 11) is 0. The van der Waals surface area contributed by atoms with Crippen LogP contribution in [-0.4, -0.2) is 14.5 Å². The Morgan fingerprint density at radius 2 is 1.44 bits per heavy atom. The number of rotatable bonds is 6. The van der Waals surface area contributed by atoms with E-state index in [-0.39, 0.29) is 31.2 Å². The Balaban J connectivity index is 0.000000220. The fourth-order valence-corrected chi connectivity index (χ4v) is 5.93. The van der Waals surface area contributed by atoms with Crippen molar-refractivity contribution in [1.29, 1.82) is 0 Å². The van der Waals surface area contributed by atoms with E-state index in [0.29, 0.717) is 39.4 Å². The van der Waals surface area contributed by atoms with Gasteiger partial charge in [0.25, 0.3) is 0 Å². The maximum atomic E-state index is 8.87. The molecule has 4 nitrogen and oxygen atoms in total. The molecule has 52 heavy (non-hydrogen) atoms. The van der Waals surface area contributed by atoms with Crippen molar-refractivity contribution in [2.45, 2.75) is 20.1 Å². The van der Waals surface area contributed by atoms with E-state index < -0.39 is 20.1 Å². The minimum atomic E-state index is -2.18. The molecule has 0 spiro atoms. The fraction of sp³-hybridized carbons (Fsp3) is 0.0638. The van der Waals surface area contributed by atoms with Crippen molar-refractivity contribution in [3.63, 3.8) is 0 Å². The van der Waals surface area contributed by atoms with Crippen LogP contribution in [0, 0.1) is 26.0 Å². The summed E-state index contributed by atoms with van der Waals surface area (Å²) in [4.78, 5) is 9.07. The fourth-order valence-electron chi connectivity index (χ4n) is 5.93. The third-order valence-corrected chi connectivity index (χ3v) is 8.44. The normalized spacial score (nSPS) is 13.8. The SMILES string of the molecule is [2H]C([2H])([2H])c1c[c-]c(-c2ccc(C([2H])([2H])[2H])cn2)cc1.[2H]C([2H])(c1ccccc1)c1ccc2o[c-]c(-c3nc4ccccc4n3-c3ccc(-c4ccccc4)cc3)c2c1.[Ir]. The van der Waals surface area contributed by atoms with Crippen molar-refractivity contribution in [2.75, 3.05) is 0 Å². The Morgan fingerprint density at radius 1 is 0.712 bits per heavy atom. The zero-order valence-electron chi connectivity index (χ0n) is 35.7. The van der Waals surface area contributed by atoms with Gasteiger partial charge in [0.15, 0.2) is 0 Å². The molecule has 0 saturated carbocycles. The van der Waals surface area contributed by atoms with Crippen LogP contribution >= 0.6 is 0 Å². The van der Waals surface area contributed by atoms with Crippen molar-refractivity contribution < 1.29 is 35.5 Å². The molecule has 0 atom stereocenters. The molecule has 255 valence electrons. The molecule has 0 aliphatic carbocycles. The summed E-state index contributed by atoms with van der Waals surface area (Å²) >= 11 is 0. The van der Waals surface area contributed by atoms with Gasteiger partial charge in [-0.3, -0.25) is 4.98 Å². The molecular weight excluding hydrogens is 815 g/mol. The van der Waals surface area contributed by atoms with Gasteiger partial charge in [-0.1, -0.05) is 139 Å². The minimum Gasteiger partial charge on any atom is -0.557 e. The Labute approximate surface area is 329 Å². The third kappa shape index (κ3) is 7.43. The van der Waals surface area contributed by atoms with Gasteiger partial charge in [0, 0.05) is 54.8 Å². The average molecular weight is 858 g/mol. The van der Waals surface area contributed by atoms with Crippen LogP contribution in [0.15, 0.2) is 168 Å². The second-order valence-corrected chi connectivity index (χ2v) is 11.9. The molecule has 0 unspecified atom stereocenters. The smallest absolute Gasteiger partial charge is 0.0774 e. The van der Waals surface area contributed by atoms with Crippen LogP contribution in [0.3, 0.4) is 0 Å². The van der Waals surface area contributed by atoms with Crippen LogP contribution in [0.5, 0.6) is 0 Å². The van der Waals surface area contributed by atoms with Crippen molar-refractivity contribution in [3.05, 3.63) is 199 Å². The third-order valence-electron chi connectivity index (χ3n) is 8.44. The summed E-state index contributed by atoms with van der Waals surface area (Å²) in [5, 5.41) is 0.768. The number of hydrogen-bond acceptors (Lipinski definition) is 3. The number of aryl methyl sites for hydroxylation is 2. The Bertz CT molecular complexity index is 2800. The molecule has 9 aromatic rings. The molecule has 0 aliphatic heterocycles. The van der Waals surface area contributed by atoms with Gasteiger partial charge in [-0.25, -0.2) is 0 Å². The first-order valence-electron chi connectivity index (χ1n) is 20.4. The van der Waals surface area contributed by atoms with Crippen LogP contribution in [0.2, 0.25) is 0 Å². The Kier molecular flexibility index (Phi) is 7.78. The molecule has 0 aliphatic rings. The van der Waals surface area contributed by atoms with E-state index in [1.54, 1.807) is 18.2 Å². The largest absolute Gasteiger partial charge is 0.557 e. The van der Waals surface area contributed by atoms with Crippen molar-refractivity contribution >= 4 is 22.0 Å². The van der Waals surface area contributed by atoms with E-state index in [1.807, 2.05) is 78.9 Å². The van der Waals surface area contributed by atoms with Crippen LogP contribution in [0.4, 0.5) is 0 Å². The first-order valence-corrected chi connectivity index (χ1v) is 16.4. The van der Waals surface area contributed by atoms with Gasteiger partial charge >= 0.3 is 0 Å². The summed E-state index contributed by atoms with van der Waals surface area (Å²) in [6.45, 7) is -4.34. The second kappa shape index (κ2) is 15.6. The number of fused-ring (bicyclic) bond motifs is 2. The number of aromatic nitrogens is 3. The molecule has 3 heterocycles. The van der Waals surface area contributed by atoms with Gasteiger partial charge in [0.1, 0.15) is 0 Å². The monoisotopic (exact) mass is 858 g/mol. The standard InChI is InChI=1S/C34H23N2O.C13H12N.Ir/c1-3-9-24(10-4-1)21-25-15-20-33-29(22-25)30(23-37-33)34-35-31-13-7-8-14-32(31)36(34)28-18-16-27(17-19-28)26-11-5-2-6-12-26;1-10-3-6-12(7-4-10)13-8-5-11(2)9-14-13;/h1-20,22H,21H2;3-6,8-9H,1-2H3;/q2*-1;/i21D2;1D3,2D3;. The second-order valence-electron chi connectivity index (χ2n) is 11.9. The molecule has 0 fully saturated rings. The molecule has 3 aromatic heterocycles. The zero-order chi connectivity index (χ0) is 41.4. The van der Waals surface area contributed by atoms with Gasteiger partial charge in [-0.15, -0.1) is 35.4 Å². The van der Waals surface area contributed by atoms with Crippen LogP contribution in [0.25, 0.3) is 61.5 Å². The predicted molar refractivity (Wildman–Crippen MR) is 208 cm³/mol. The number of pyridine rings is 1. The van der Waals surface area contributed by atoms with Crippen LogP contribution in [-0.2, 0) is 26.5 Å². The number of furan rings is 1. The van der Waals surface area contributed by atoms with Crippen LogP contribution < -0.4 is 0 Å². The molecular formula is C47H35IrN3O-2. The first-order chi connectivity index (χ1) is 28.3. The summed E-state index contributed by atoms with van der Waals surface area (Å²) in [5.74, 6) is 0.694. The number of para-hydroxylation sites is 2. The summed E-state index contributed by atoms with van der Waals surface area (Å²) in [6.07, 6.45) is 2.71. The molecule has 6 aromatic carbocycles. The maximum absolute atomic E-state index is 8.87. The topological polar surface area (TPSA) is 43.9 Å². The van der Waals surface area contributed by atoms with Crippen LogP contribution in [0.1, 0.15) is 33.2 Å². The Hall–Kier alpha value is -5.87. The maximum Gasteiger partial charge on any atom is 0.0774 e. The van der Waals surface area contributed by atoms with Gasteiger partial charge in [0.2, 0.25) is 0 Å². The van der Waals surface area contributed by atoms with E-state index in [9.17, 15) is 0 Å². The average Bonchev–Trinajstić information content (AvgIpc) is 3.85. The van der Waals surface area contributed by atoms with Crippen molar-refractivity contribution in [3.8, 4) is 39.5 Å². The van der Waals surface area contributed by atoms with E-state index in [0.717, 1.165) is 33.2 Å². The van der Waals surface area contributed by atoms with Gasteiger partial charge in [-0.05, 0) is 65.4 Å². The zero-order valence-corrected chi connectivity index (χ0v) is 30.1. The molecule has 0 N–H and O–H groups in total. The molecule has 0 saturated heterocycles. The van der Waals surface area contributed by atoms with Crippen molar-refractivity contribution in [1.82, 2.24) is 14.5 Å². The summed E-state index contributed by atoms with van der Waals surface area (Å²) in [5.41, 5.74) is 9.12. The van der Waals surface area contributed by atoms with E-state index >= 15 is 0 Å². The van der Waals surface area contributed by atoms with E-state index in [4.69, 9.17) is 20.4 Å². The number of benzene rings is 6. The molecule has 1 radical (unpaired) electrons. The van der Waals surface area contributed by atoms with Crippen molar-refractivity contribution in [2.24, 2.45) is 0 Å². The number of hydrogen-bond donors (Lipinski definition) is 0. The van der Waals surface area contributed by atoms with E-state index in [2.05, 4.69) is 64.3 Å². The van der Waals surface area contributed by atoms with Gasteiger partial charge in [-0.2, -0.15) is 0 Å². The minimum absolute atomic E-state index is 0. The van der Waals surface area contributed by atoms with E-state index in [1.165, 1.54) is 24.4 Å². The van der Waals surface area contributed by atoms with Gasteiger partial charge < -0.3 is 14.0 Å². The molecule has 5 heteroatoms. The van der Waals surface area contributed by atoms with Gasteiger partial charge in [0.05, 0.1) is 16.9 Å². The Morgan fingerprint density at radius 3 is 2.17 bits per heavy atom. The number of imidazole rings is 1. The summed E-state index contributed by atoms with van der Waals surface area (Å²) < 4.78 is 69.3. The predicted octanol–water partition coefficient (Wildman–Crippen LogP) is 11.7. The molecule has 0 amide bonds. The molecule has 0 bridgehead atoms. The molecule has 9 rings (SSSR count). The quantitative estimate of drug-likeness (QED) is 0.157. The number of nitrogens with zero attached hydrogens (tertiary/aromatic N) is 3.